The maximum absolute atomic E-state index is 11.4. The highest BCUT2D eigenvalue weighted by Crippen LogP contribution is 2.22. The van der Waals surface area contributed by atoms with Gasteiger partial charge in [-0.1, -0.05) is 37.3 Å². The molecule has 0 heterocycles. The van der Waals surface area contributed by atoms with E-state index in [9.17, 15) is 9.90 Å². The first-order valence-corrected chi connectivity index (χ1v) is 5.61. The third kappa shape index (κ3) is 2.83. The van der Waals surface area contributed by atoms with E-state index in [2.05, 4.69) is 0 Å². The SMILES string of the molecule is CCN(C(C)C)C(C(=O)O)c1ccccc1. The number of carbonyl (C=O) groups is 1. The molecule has 0 aliphatic rings. The van der Waals surface area contributed by atoms with E-state index in [1.54, 1.807) is 0 Å². The smallest absolute Gasteiger partial charge is 0.325 e. The Hall–Kier alpha value is -1.35. The van der Waals surface area contributed by atoms with Gasteiger partial charge in [0.05, 0.1) is 0 Å². The second-order valence-corrected chi connectivity index (χ2v) is 4.08. The average molecular weight is 221 g/mol. The molecule has 0 saturated heterocycles. The molecule has 1 rings (SSSR count). The Morgan fingerprint density at radius 2 is 1.88 bits per heavy atom. The number of carboxylic acid groups (broad SMARTS) is 1. The summed E-state index contributed by atoms with van der Waals surface area (Å²) in [6.45, 7) is 6.74. The van der Waals surface area contributed by atoms with Gasteiger partial charge < -0.3 is 5.11 Å². The Morgan fingerprint density at radius 1 is 1.31 bits per heavy atom. The van der Waals surface area contributed by atoms with Crippen molar-refractivity contribution < 1.29 is 9.90 Å². The number of hydrogen-bond acceptors (Lipinski definition) is 2. The number of benzene rings is 1. The van der Waals surface area contributed by atoms with Gasteiger partial charge in [0.1, 0.15) is 6.04 Å². The van der Waals surface area contributed by atoms with Crippen molar-refractivity contribution >= 4 is 5.97 Å². The predicted octanol–water partition coefficient (Wildman–Crippen LogP) is 2.54. The van der Waals surface area contributed by atoms with Gasteiger partial charge in [-0.3, -0.25) is 9.69 Å². The molecule has 1 N–H and O–H groups in total. The Balaban J connectivity index is 3.04. The topological polar surface area (TPSA) is 40.5 Å². The molecule has 16 heavy (non-hydrogen) atoms. The Kier molecular flexibility index (Phi) is 4.50. The Bertz CT molecular complexity index is 335. The van der Waals surface area contributed by atoms with Crippen LogP contribution in [-0.4, -0.2) is 28.6 Å². The molecule has 1 atom stereocenters. The third-order valence-corrected chi connectivity index (χ3v) is 2.71. The molecule has 0 saturated carbocycles. The maximum Gasteiger partial charge on any atom is 0.325 e. The maximum atomic E-state index is 11.4. The van der Waals surface area contributed by atoms with Gasteiger partial charge in [0.15, 0.2) is 0 Å². The molecule has 0 amide bonds. The van der Waals surface area contributed by atoms with Crippen molar-refractivity contribution in [3.05, 3.63) is 35.9 Å². The summed E-state index contributed by atoms with van der Waals surface area (Å²) in [6.07, 6.45) is 0. The normalized spacial score (nSPS) is 13.1. The van der Waals surface area contributed by atoms with Gasteiger partial charge >= 0.3 is 5.97 Å². The molecule has 3 nitrogen and oxygen atoms in total. The molecule has 0 aliphatic carbocycles. The predicted molar refractivity (Wildman–Crippen MR) is 64.3 cm³/mol. The van der Waals surface area contributed by atoms with Crippen LogP contribution in [0.25, 0.3) is 0 Å². The average Bonchev–Trinajstić information content (AvgIpc) is 2.25. The van der Waals surface area contributed by atoms with E-state index in [-0.39, 0.29) is 6.04 Å². The van der Waals surface area contributed by atoms with Crippen LogP contribution >= 0.6 is 0 Å². The lowest BCUT2D eigenvalue weighted by atomic mass is 10.0. The molecule has 0 bridgehead atoms. The highest BCUT2D eigenvalue weighted by molar-refractivity contribution is 5.75. The molecule has 1 aromatic carbocycles. The molecule has 0 aromatic heterocycles. The summed E-state index contributed by atoms with van der Waals surface area (Å²) in [4.78, 5) is 13.3. The van der Waals surface area contributed by atoms with Gasteiger partial charge in [-0.25, -0.2) is 0 Å². The van der Waals surface area contributed by atoms with Crippen LogP contribution in [-0.2, 0) is 4.79 Å². The van der Waals surface area contributed by atoms with Gasteiger partial charge in [-0.15, -0.1) is 0 Å². The molecule has 0 fully saturated rings. The van der Waals surface area contributed by atoms with Crippen LogP contribution in [0.4, 0.5) is 0 Å². The number of aliphatic carboxylic acids is 1. The van der Waals surface area contributed by atoms with Gasteiger partial charge in [0.2, 0.25) is 0 Å². The summed E-state index contributed by atoms with van der Waals surface area (Å²) in [5.74, 6) is -0.790. The zero-order chi connectivity index (χ0) is 12.1. The fourth-order valence-electron chi connectivity index (χ4n) is 1.96. The summed E-state index contributed by atoms with van der Waals surface area (Å²) in [5.41, 5.74) is 0.838. The summed E-state index contributed by atoms with van der Waals surface area (Å²) >= 11 is 0. The third-order valence-electron chi connectivity index (χ3n) is 2.71. The number of hydrogen-bond donors (Lipinski definition) is 1. The van der Waals surface area contributed by atoms with Crippen LogP contribution < -0.4 is 0 Å². The van der Waals surface area contributed by atoms with Crippen LogP contribution in [0, 0.1) is 0 Å². The minimum absolute atomic E-state index is 0.214. The van der Waals surface area contributed by atoms with Crippen molar-refractivity contribution in [3.8, 4) is 0 Å². The zero-order valence-electron chi connectivity index (χ0n) is 10.1. The molecular formula is C13H19NO2. The first-order valence-electron chi connectivity index (χ1n) is 5.61. The lowest BCUT2D eigenvalue weighted by Gasteiger charge is -2.31. The van der Waals surface area contributed by atoms with E-state index >= 15 is 0 Å². The molecular weight excluding hydrogens is 202 g/mol. The number of rotatable bonds is 5. The second-order valence-electron chi connectivity index (χ2n) is 4.08. The lowest BCUT2D eigenvalue weighted by Crippen LogP contribution is -2.38. The van der Waals surface area contributed by atoms with Crippen LogP contribution in [0.3, 0.4) is 0 Å². The van der Waals surface area contributed by atoms with Gasteiger partial charge in [0.25, 0.3) is 0 Å². The molecule has 0 radical (unpaired) electrons. The van der Waals surface area contributed by atoms with E-state index < -0.39 is 12.0 Å². The first kappa shape index (κ1) is 12.7. The fourth-order valence-corrected chi connectivity index (χ4v) is 1.96. The van der Waals surface area contributed by atoms with E-state index in [1.165, 1.54) is 0 Å². The second kappa shape index (κ2) is 5.66. The van der Waals surface area contributed by atoms with Gasteiger partial charge in [0, 0.05) is 6.04 Å². The Morgan fingerprint density at radius 3 is 2.25 bits per heavy atom. The summed E-state index contributed by atoms with van der Waals surface area (Å²) in [6, 6.07) is 9.04. The van der Waals surface area contributed by atoms with Crippen molar-refractivity contribution in [1.29, 1.82) is 0 Å². The molecule has 88 valence electrons. The molecule has 0 aliphatic heterocycles. The van der Waals surface area contributed by atoms with Crippen LogP contribution in [0.2, 0.25) is 0 Å². The van der Waals surface area contributed by atoms with Crippen LogP contribution in [0.1, 0.15) is 32.4 Å². The van der Waals surface area contributed by atoms with Crippen molar-refractivity contribution in [2.24, 2.45) is 0 Å². The number of carboxylic acids is 1. The molecule has 3 heteroatoms. The summed E-state index contributed by atoms with van der Waals surface area (Å²) < 4.78 is 0. The van der Waals surface area contributed by atoms with Gasteiger partial charge in [-0.2, -0.15) is 0 Å². The number of likely N-dealkylation sites (N-methyl/N-ethyl adjacent to an activating group) is 1. The molecule has 0 spiro atoms. The first-order chi connectivity index (χ1) is 7.57. The Labute approximate surface area is 96.7 Å². The minimum Gasteiger partial charge on any atom is -0.480 e. The summed E-state index contributed by atoms with van der Waals surface area (Å²) in [5, 5.41) is 9.34. The fraction of sp³-hybridized carbons (Fsp3) is 0.462. The van der Waals surface area contributed by atoms with E-state index in [4.69, 9.17) is 0 Å². The highest BCUT2D eigenvalue weighted by Gasteiger charge is 2.27. The minimum atomic E-state index is -0.790. The van der Waals surface area contributed by atoms with E-state index in [0.717, 1.165) is 12.1 Å². The largest absolute Gasteiger partial charge is 0.480 e. The van der Waals surface area contributed by atoms with Crippen molar-refractivity contribution in [2.45, 2.75) is 32.9 Å². The molecule has 1 unspecified atom stereocenters. The molecule has 1 aromatic rings. The quantitative estimate of drug-likeness (QED) is 0.830. The lowest BCUT2D eigenvalue weighted by molar-refractivity contribution is -0.144. The van der Waals surface area contributed by atoms with Gasteiger partial charge in [-0.05, 0) is 26.0 Å². The highest BCUT2D eigenvalue weighted by atomic mass is 16.4. The summed E-state index contributed by atoms with van der Waals surface area (Å²) in [7, 11) is 0. The van der Waals surface area contributed by atoms with Crippen LogP contribution in [0.5, 0.6) is 0 Å². The van der Waals surface area contributed by atoms with Crippen LogP contribution in [0.15, 0.2) is 30.3 Å². The van der Waals surface area contributed by atoms with E-state index in [1.807, 2.05) is 56.0 Å². The van der Waals surface area contributed by atoms with Crippen molar-refractivity contribution in [2.75, 3.05) is 6.54 Å². The zero-order valence-corrected chi connectivity index (χ0v) is 10.1. The standard InChI is InChI=1S/C13H19NO2/c1-4-14(10(2)3)12(13(15)16)11-8-6-5-7-9-11/h5-10,12H,4H2,1-3H3,(H,15,16). The van der Waals surface area contributed by atoms with E-state index in [0.29, 0.717) is 0 Å². The van der Waals surface area contributed by atoms with Crippen molar-refractivity contribution in [3.63, 3.8) is 0 Å². The number of nitrogens with zero attached hydrogens (tertiary/aromatic N) is 1. The monoisotopic (exact) mass is 221 g/mol. The van der Waals surface area contributed by atoms with Crippen molar-refractivity contribution in [1.82, 2.24) is 4.90 Å².